The summed E-state index contributed by atoms with van der Waals surface area (Å²) in [6.45, 7) is 4.91. The lowest BCUT2D eigenvalue weighted by Crippen LogP contribution is -2.52. The molecule has 0 aliphatic carbocycles. The molecule has 31 heavy (non-hydrogen) atoms. The molecule has 0 radical (unpaired) electrons. The lowest BCUT2D eigenvalue weighted by molar-refractivity contribution is -0.147. The number of rotatable bonds is 6. The molecule has 1 aromatic carbocycles. The number of carbonyl (C=O) groups is 1. The van der Waals surface area contributed by atoms with Crippen molar-refractivity contribution in [3.8, 4) is 17.3 Å². The van der Waals surface area contributed by atoms with Crippen molar-refractivity contribution in [2.75, 3.05) is 13.1 Å². The van der Waals surface area contributed by atoms with Crippen LogP contribution < -0.4 is 4.74 Å². The first-order valence-corrected chi connectivity index (χ1v) is 10.6. The van der Waals surface area contributed by atoms with Gasteiger partial charge in [-0.25, -0.2) is 4.98 Å². The van der Waals surface area contributed by atoms with E-state index in [9.17, 15) is 4.79 Å². The second kappa shape index (κ2) is 9.01. The molecule has 1 unspecified atom stereocenters. The number of carbonyl (C=O) groups excluding carboxylic acids is 1. The van der Waals surface area contributed by atoms with Gasteiger partial charge in [-0.3, -0.25) is 9.78 Å². The average Bonchev–Trinajstić information content (AvgIpc) is 3.24. The Labute approximate surface area is 185 Å². The van der Waals surface area contributed by atoms with Crippen LogP contribution in [0.15, 0.2) is 47.4 Å². The highest BCUT2D eigenvalue weighted by atomic mass is 35.5. The number of aromatic nitrogens is 4. The molecular formula is C22H24ClN5O3. The zero-order chi connectivity index (χ0) is 21.8. The Balaban J connectivity index is 1.38. The number of hydrogen-bond acceptors (Lipinski definition) is 7. The molecule has 0 saturated carbocycles. The lowest BCUT2D eigenvalue weighted by Gasteiger charge is -2.37. The summed E-state index contributed by atoms with van der Waals surface area (Å²) < 4.78 is 11.4. The van der Waals surface area contributed by atoms with Crippen LogP contribution in [-0.2, 0) is 11.2 Å². The van der Waals surface area contributed by atoms with E-state index in [0.29, 0.717) is 47.7 Å². The van der Waals surface area contributed by atoms with Crippen molar-refractivity contribution < 1.29 is 14.1 Å². The van der Waals surface area contributed by atoms with E-state index in [2.05, 4.69) is 20.1 Å². The summed E-state index contributed by atoms with van der Waals surface area (Å²) in [5.41, 5.74) is -0.418. The maximum atomic E-state index is 13.2. The first-order chi connectivity index (χ1) is 14.9. The maximum Gasteiger partial charge on any atom is 0.266 e. The van der Waals surface area contributed by atoms with Crippen molar-refractivity contribution in [2.24, 2.45) is 5.92 Å². The molecule has 3 heterocycles. The van der Waals surface area contributed by atoms with Gasteiger partial charge < -0.3 is 14.2 Å². The Morgan fingerprint density at radius 2 is 2.10 bits per heavy atom. The quantitative estimate of drug-likeness (QED) is 0.573. The number of nitrogens with zero attached hydrogens (tertiary/aromatic N) is 5. The minimum absolute atomic E-state index is 0.0436. The molecular weight excluding hydrogens is 418 g/mol. The van der Waals surface area contributed by atoms with E-state index in [1.165, 1.54) is 0 Å². The van der Waals surface area contributed by atoms with Crippen molar-refractivity contribution in [3.05, 3.63) is 53.8 Å². The molecule has 1 atom stereocenters. The number of benzene rings is 1. The summed E-state index contributed by atoms with van der Waals surface area (Å²) in [6.07, 6.45) is 7.29. The lowest BCUT2D eigenvalue weighted by atomic mass is 9.93. The van der Waals surface area contributed by atoms with Crippen LogP contribution in [0.4, 0.5) is 0 Å². The van der Waals surface area contributed by atoms with Gasteiger partial charge in [0.1, 0.15) is 11.4 Å². The molecule has 162 valence electrons. The van der Waals surface area contributed by atoms with Gasteiger partial charge in [-0.05, 0) is 56.9 Å². The van der Waals surface area contributed by atoms with Crippen molar-refractivity contribution in [1.29, 1.82) is 0 Å². The smallest absolute Gasteiger partial charge is 0.266 e. The van der Waals surface area contributed by atoms with Gasteiger partial charge in [0.15, 0.2) is 5.60 Å². The predicted octanol–water partition coefficient (Wildman–Crippen LogP) is 3.82. The fourth-order valence-corrected chi connectivity index (χ4v) is 3.87. The fraction of sp³-hybridized carbons (Fsp3) is 0.409. The molecule has 4 rings (SSSR count). The normalized spacial score (nSPS) is 16.9. The number of halogens is 1. The first-order valence-electron chi connectivity index (χ1n) is 10.2. The summed E-state index contributed by atoms with van der Waals surface area (Å²) in [5.74, 6) is 1.76. The van der Waals surface area contributed by atoms with Gasteiger partial charge in [0.05, 0.1) is 6.20 Å². The molecule has 0 N–H and O–H groups in total. The molecule has 1 saturated heterocycles. The Morgan fingerprint density at radius 1 is 1.29 bits per heavy atom. The van der Waals surface area contributed by atoms with Gasteiger partial charge in [-0.2, -0.15) is 4.98 Å². The predicted molar refractivity (Wildman–Crippen MR) is 114 cm³/mol. The SMILES string of the molecule is CC(C)(Oc1ccc(Cl)cc1)C(=O)N1CCCC(Cc2nc(-c3cnccn3)no2)C1. The number of ether oxygens (including phenoxy) is 1. The van der Waals surface area contributed by atoms with E-state index in [-0.39, 0.29) is 11.8 Å². The molecule has 0 spiro atoms. The van der Waals surface area contributed by atoms with Gasteiger partial charge in [0.25, 0.3) is 5.91 Å². The van der Waals surface area contributed by atoms with Crippen molar-refractivity contribution in [1.82, 2.24) is 25.0 Å². The van der Waals surface area contributed by atoms with Crippen LogP contribution in [0.25, 0.3) is 11.5 Å². The molecule has 1 fully saturated rings. The highest BCUT2D eigenvalue weighted by Gasteiger charge is 2.36. The third kappa shape index (κ3) is 5.19. The summed E-state index contributed by atoms with van der Waals surface area (Å²) in [5, 5.41) is 4.62. The molecule has 3 aromatic rings. The minimum Gasteiger partial charge on any atom is -0.478 e. The standard InChI is InChI=1S/C22H24ClN5O3/c1-22(2,30-17-7-5-16(23)6-8-17)21(29)28-11-3-4-15(14-28)12-19-26-20(27-31-19)18-13-24-9-10-25-18/h5-10,13,15H,3-4,11-12,14H2,1-2H3. The summed E-state index contributed by atoms with van der Waals surface area (Å²) in [7, 11) is 0. The Bertz CT molecular complexity index is 1020. The van der Waals surface area contributed by atoms with E-state index in [0.717, 1.165) is 12.8 Å². The van der Waals surface area contributed by atoms with Crippen molar-refractivity contribution in [2.45, 2.75) is 38.7 Å². The molecule has 1 amide bonds. The van der Waals surface area contributed by atoms with Gasteiger partial charge in [-0.1, -0.05) is 16.8 Å². The minimum atomic E-state index is -0.987. The van der Waals surface area contributed by atoms with E-state index in [4.69, 9.17) is 20.9 Å². The summed E-state index contributed by atoms with van der Waals surface area (Å²) >= 11 is 5.93. The molecule has 1 aliphatic rings. The fourth-order valence-electron chi connectivity index (χ4n) is 3.74. The van der Waals surface area contributed by atoms with Crippen molar-refractivity contribution >= 4 is 17.5 Å². The summed E-state index contributed by atoms with van der Waals surface area (Å²) in [6, 6.07) is 7.02. The number of hydrogen-bond donors (Lipinski definition) is 0. The van der Waals surface area contributed by atoms with Crippen LogP contribution in [0.3, 0.4) is 0 Å². The Hall–Kier alpha value is -3.00. The zero-order valence-electron chi connectivity index (χ0n) is 17.5. The third-order valence-corrected chi connectivity index (χ3v) is 5.48. The van der Waals surface area contributed by atoms with Crippen LogP contribution in [0.2, 0.25) is 5.02 Å². The first kappa shape index (κ1) is 21.2. The van der Waals surface area contributed by atoms with E-state index in [1.807, 2.05) is 4.90 Å². The van der Waals surface area contributed by atoms with Crippen LogP contribution >= 0.6 is 11.6 Å². The molecule has 1 aliphatic heterocycles. The molecule has 0 bridgehead atoms. The van der Waals surface area contributed by atoms with Crippen LogP contribution in [0.1, 0.15) is 32.6 Å². The third-order valence-electron chi connectivity index (χ3n) is 5.23. The van der Waals surface area contributed by atoms with Gasteiger partial charge in [0.2, 0.25) is 11.7 Å². The zero-order valence-corrected chi connectivity index (χ0v) is 18.2. The number of piperidine rings is 1. The number of likely N-dealkylation sites (tertiary alicyclic amines) is 1. The van der Waals surface area contributed by atoms with Gasteiger partial charge in [-0.15, -0.1) is 0 Å². The van der Waals surface area contributed by atoms with Crippen molar-refractivity contribution in [3.63, 3.8) is 0 Å². The molecule has 9 heteroatoms. The van der Waals surface area contributed by atoms with Crippen LogP contribution in [-0.4, -0.2) is 49.6 Å². The van der Waals surface area contributed by atoms with E-state index in [1.54, 1.807) is 56.7 Å². The maximum absolute atomic E-state index is 13.2. The van der Waals surface area contributed by atoms with Gasteiger partial charge in [0, 0.05) is 36.9 Å². The Kier molecular flexibility index (Phi) is 6.18. The number of amides is 1. The highest BCUT2D eigenvalue weighted by molar-refractivity contribution is 6.30. The molecule has 8 nitrogen and oxygen atoms in total. The highest BCUT2D eigenvalue weighted by Crippen LogP contribution is 2.26. The van der Waals surface area contributed by atoms with Crippen LogP contribution in [0, 0.1) is 5.92 Å². The van der Waals surface area contributed by atoms with E-state index >= 15 is 0 Å². The van der Waals surface area contributed by atoms with Crippen LogP contribution in [0.5, 0.6) is 5.75 Å². The topological polar surface area (TPSA) is 94.2 Å². The van der Waals surface area contributed by atoms with E-state index < -0.39 is 5.60 Å². The molecule has 2 aromatic heterocycles. The largest absolute Gasteiger partial charge is 0.478 e. The second-order valence-electron chi connectivity index (χ2n) is 8.13. The monoisotopic (exact) mass is 441 g/mol. The average molecular weight is 442 g/mol. The van der Waals surface area contributed by atoms with Gasteiger partial charge >= 0.3 is 0 Å². The Morgan fingerprint density at radius 3 is 2.84 bits per heavy atom. The second-order valence-corrected chi connectivity index (χ2v) is 8.57. The summed E-state index contributed by atoms with van der Waals surface area (Å²) in [4.78, 5) is 27.7.